The van der Waals surface area contributed by atoms with Crippen molar-refractivity contribution in [1.29, 1.82) is 0 Å². The van der Waals surface area contributed by atoms with E-state index in [0.717, 1.165) is 23.0 Å². The van der Waals surface area contributed by atoms with Gasteiger partial charge in [0.05, 0.1) is 18.8 Å². The number of furan rings is 1. The van der Waals surface area contributed by atoms with E-state index in [1.54, 1.807) is 0 Å². The molecule has 0 aliphatic carbocycles. The third-order valence-electron chi connectivity index (χ3n) is 4.24. The van der Waals surface area contributed by atoms with Crippen LogP contribution < -0.4 is 10.6 Å². The van der Waals surface area contributed by atoms with E-state index >= 15 is 0 Å². The lowest BCUT2D eigenvalue weighted by molar-refractivity contribution is 0.538. The van der Waals surface area contributed by atoms with E-state index in [9.17, 15) is 12.8 Å². The molecule has 0 amide bonds. The molecule has 30 heavy (non-hydrogen) atoms. The Morgan fingerprint density at radius 1 is 1.10 bits per heavy atom. The van der Waals surface area contributed by atoms with Crippen molar-refractivity contribution in [1.82, 2.24) is 10.6 Å². The fourth-order valence-corrected chi connectivity index (χ4v) is 3.81. The number of para-hydroxylation sites is 1. The Labute approximate surface area is 192 Å². The highest BCUT2D eigenvalue weighted by Crippen LogP contribution is 2.19. The number of guanidine groups is 1. The molecule has 0 radical (unpaired) electrons. The molecule has 0 fully saturated rings. The summed E-state index contributed by atoms with van der Waals surface area (Å²) in [5.41, 5.74) is 1.90. The van der Waals surface area contributed by atoms with Crippen LogP contribution in [0, 0.1) is 5.82 Å². The first-order valence-electron chi connectivity index (χ1n) is 9.28. The standard InChI is InChI=1S/C21H24FN3O3S.HI/c1-3-23-21(25-13-19-11-15-6-4-5-7-20(15)28-19)24-12-17-10-18(22)9-8-16(17)14-29(2,26)27;/h4-11H,3,12-14H2,1-2H3,(H2,23,24,25);1H. The summed E-state index contributed by atoms with van der Waals surface area (Å²) in [6.45, 7) is 3.17. The van der Waals surface area contributed by atoms with E-state index in [1.165, 1.54) is 18.2 Å². The second kappa shape index (κ2) is 10.8. The number of fused-ring (bicyclic) bond motifs is 1. The van der Waals surface area contributed by atoms with Crippen molar-refractivity contribution in [3.63, 3.8) is 0 Å². The van der Waals surface area contributed by atoms with Gasteiger partial charge >= 0.3 is 0 Å². The monoisotopic (exact) mass is 545 g/mol. The summed E-state index contributed by atoms with van der Waals surface area (Å²) in [7, 11) is -3.23. The Kier molecular flexibility index (Phi) is 8.65. The lowest BCUT2D eigenvalue weighted by Crippen LogP contribution is -2.36. The smallest absolute Gasteiger partial charge is 0.191 e. The number of halogens is 2. The summed E-state index contributed by atoms with van der Waals surface area (Å²) in [5, 5.41) is 7.33. The molecule has 1 heterocycles. The Bertz CT molecular complexity index is 1100. The highest BCUT2D eigenvalue weighted by Gasteiger charge is 2.11. The van der Waals surface area contributed by atoms with Crippen LogP contribution in [0.25, 0.3) is 11.0 Å². The molecule has 0 unspecified atom stereocenters. The van der Waals surface area contributed by atoms with Gasteiger partial charge in [-0.05, 0) is 42.3 Å². The Balaban J connectivity index is 0.00000320. The summed E-state index contributed by atoms with van der Waals surface area (Å²) in [4.78, 5) is 4.48. The second-order valence-electron chi connectivity index (χ2n) is 6.78. The molecule has 3 rings (SSSR count). The SMILES string of the molecule is CCNC(=NCc1cc(F)ccc1CS(C)(=O)=O)NCc1cc2ccccc2o1.I. The Hall–Kier alpha value is -2.14. The van der Waals surface area contributed by atoms with Crippen molar-refractivity contribution in [3.8, 4) is 0 Å². The fraction of sp³-hybridized carbons (Fsp3) is 0.286. The first-order valence-corrected chi connectivity index (χ1v) is 11.3. The van der Waals surface area contributed by atoms with E-state index in [4.69, 9.17) is 4.42 Å². The molecule has 2 N–H and O–H groups in total. The van der Waals surface area contributed by atoms with Gasteiger partial charge in [0, 0.05) is 18.2 Å². The van der Waals surface area contributed by atoms with Crippen LogP contribution >= 0.6 is 24.0 Å². The summed E-state index contributed by atoms with van der Waals surface area (Å²) in [6.07, 6.45) is 1.16. The number of aliphatic imine (C=N–C) groups is 1. The molecule has 162 valence electrons. The van der Waals surface area contributed by atoms with Crippen molar-refractivity contribution in [3.05, 3.63) is 71.2 Å². The minimum absolute atomic E-state index is 0. The van der Waals surface area contributed by atoms with Gasteiger partial charge in [-0.25, -0.2) is 17.8 Å². The predicted octanol–water partition coefficient (Wildman–Crippen LogP) is 3.99. The zero-order valence-electron chi connectivity index (χ0n) is 16.8. The summed E-state index contributed by atoms with van der Waals surface area (Å²) in [5.74, 6) is 0.719. The number of sulfone groups is 1. The van der Waals surface area contributed by atoms with Crippen LogP contribution in [0.15, 0.2) is 57.9 Å². The number of hydrogen-bond donors (Lipinski definition) is 2. The zero-order valence-corrected chi connectivity index (χ0v) is 20.0. The summed E-state index contributed by atoms with van der Waals surface area (Å²) >= 11 is 0. The average molecular weight is 545 g/mol. The Morgan fingerprint density at radius 3 is 2.57 bits per heavy atom. The Morgan fingerprint density at radius 2 is 1.87 bits per heavy atom. The number of nitrogens with zero attached hydrogens (tertiary/aromatic N) is 1. The third kappa shape index (κ3) is 6.98. The van der Waals surface area contributed by atoms with Crippen LogP contribution in [0.1, 0.15) is 23.8 Å². The van der Waals surface area contributed by atoms with Gasteiger partial charge in [-0.2, -0.15) is 0 Å². The van der Waals surface area contributed by atoms with Gasteiger partial charge in [-0.3, -0.25) is 0 Å². The van der Waals surface area contributed by atoms with E-state index < -0.39 is 15.7 Å². The number of hydrogen-bond acceptors (Lipinski definition) is 4. The van der Waals surface area contributed by atoms with E-state index in [-0.39, 0.29) is 36.3 Å². The molecular weight excluding hydrogens is 520 g/mol. The van der Waals surface area contributed by atoms with Crippen molar-refractivity contribution < 1.29 is 17.2 Å². The van der Waals surface area contributed by atoms with Gasteiger partial charge in [0.15, 0.2) is 15.8 Å². The molecule has 0 saturated carbocycles. The summed E-state index contributed by atoms with van der Waals surface area (Å²) < 4.78 is 42.8. The van der Waals surface area contributed by atoms with Gasteiger partial charge in [0.25, 0.3) is 0 Å². The quantitative estimate of drug-likeness (QED) is 0.267. The summed E-state index contributed by atoms with van der Waals surface area (Å²) in [6, 6.07) is 13.8. The van der Waals surface area contributed by atoms with Gasteiger partial charge in [0.2, 0.25) is 0 Å². The largest absolute Gasteiger partial charge is 0.459 e. The number of benzene rings is 2. The van der Waals surface area contributed by atoms with Crippen molar-refractivity contribution in [2.75, 3.05) is 12.8 Å². The number of nitrogens with one attached hydrogen (secondary N) is 2. The molecule has 1 aromatic heterocycles. The minimum Gasteiger partial charge on any atom is -0.459 e. The van der Waals surface area contributed by atoms with Crippen LogP contribution in [0.5, 0.6) is 0 Å². The maximum Gasteiger partial charge on any atom is 0.191 e. The van der Waals surface area contributed by atoms with Crippen LogP contribution in [0.3, 0.4) is 0 Å². The molecule has 0 saturated heterocycles. The predicted molar refractivity (Wildman–Crippen MR) is 128 cm³/mol. The minimum atomic E-state index is -3.23. The molecule has 6 nitrogen and oxygen atoms in total. The molecule has 0 bridgehead atoms. The maximum atomic E-state index is 13.7. The normalized spacial score (nSPS) is 11.9. The first kappa shape index (κ1) is 24.1. The molecule has 3 aromatic rings. The molecular formula is C21H25FIN3O3S. The van der Waals surface area contributed by atoms with Crippen LogP contribution in [0.2, 0.25) is 0 Å². The van der Waals surface area contributed by atoms with E-state index in [1.807, 2.05) is 37.3 Å². The fourth-order valence-electron chi connectivity index (χ4n) is 2.97. The third-order valence-corrected chi connectivity index (χ3v) is 5.08. The van der Waals surface area contributed by atoms with Gasteiger partial charge in [-0.1, -0.05) is 24.3 Å². The van der Waals surface area contributed by atoms with E-state index in [2.05, 4.69) is 15.6 Å². The maximum absolute atomic E-state index is 13.7. The lowest BCUT2D eigenvalue weighted by atomic mass is 10.1. The topological polar surface area (TPSA) is 83.7 Å². The first-order chi connectivity index (χ1) is 13.8. The molecule has 2 aromatic carbocycles. The second-order valence-corrected chi connectivity index (χ2v) is 8.92. The molecule has 9 heteroatoms. The van der Waals surface area contributed by atoms with Crippen LogP contribution in [-0.4, -0.2) is 27.2 Å². The van der Waals surface area contributed by atoms with Gasteiger partial charge in [-0.15, -0.1) is 24.0 Å². The number of rotatable bonds is 7. The highest BCUT2D eigenvalue weighted by molar-refractivity contribution is 14.0. The van der Waals surface area contributed by atoms with E-state index in [0.29, 0.717) is 30.2 Å². The van der Waals surface area contributed by atoms with Crippen LogP contribution in [0.4, 0.5) is 4.39 Å². The van der Waals surface area contributed by atoms with Crippen molar-refractivity contribution in [2.45, 2.75) is 25.8 Å². The van der Waals surface area contributed by atoms with Crippen LogP contribution in [-0.2, 0) is 28.7 Å². The van der Waals surface area contributed by atoms with Gasteiger partial charge in [0.1, 0.15) is 17.2 Å². The molecule has 0 spiro atoms. The van der Waals surface area contributed by atoms with Gasteiger partial charge < -0.3 is 15.1 Å². The molecule has 0 aliphatic heterocycles. The van der Waals surface area contributed by atoms with Crippen molar-refractivity contribution >= 4 is 50.7 Å². The van der Waals surface area contributed by atoms with Crippen molar-refractivity contribution in [2.24, 2.45) is 4.99 Å². The zero-order chi connectivity index (χ0) is 20.9. The lowest BCUT2D eigenvalue weighted by Gasteiger charge is -2.12. The average Bonchev–Trinajstić information content (AvgIpc) is 3.08. The molecule has 0 atom stereocenters. The molecule has 0 aliphatic rings. The highest BCUT2D eigenvalue weighted by atomic mass is 127.